The molecule has 1 aromatic rings. The maximum atomic E-state index is 6.27. The van der Waals surface area contributed by atoms with Crippen LogP contribution in [0.4, 0.5) is 0 Å². The van der Waals surface area contributed by atoms with E-state index in [0.29, 0.717) is 5.25 Å². The zero-order valence-corrected chi connectivity index (χ0v) is 11.8. The highest BCUT2D eigenvalue weighted by Crippen LogP contribution is 2.46. The Kier molecular flexibility index (Phi) is 3.95. The third kappa shape index (κ3) is 2.60. The number of hydrogen-bond donors (Lipinski definition) is 0. The highest BCUT2D eigenvalue weighted by Gasteiger charge is 2.43. The first kappa shape index (κ1) is 12.6. The Morgan fingerprint density at radius 2 is 1.78 bits per heavy atom. The van der Waals surface area contributed by atoms with Crippen molar-refractivity contribution in [2.45, 2.75) is 60.7 Å². The molecule has 1 aromatic carbocycles. The van der Waals surface area contributed by atoms with Gasteiger partial charge in [-0.2, -0.15) is 0 Å². The predicted molar refractivity (Wildman–Crippen MR) is 77.1 cm³/mol. The van der Waals surface area contributed by atoms with Crippen molar-refractivity contribution in [1.82, 2.24) is 0 Å². The summed E-state index contributed by atoms with van der Waals surface area (Å²) in [5, 5.41) is 0.661. The predicted octanol–water partition coefficient (Wildman–Crippen LogP) is 4.66. The van der Waals surface area contributed by atoms with Crippen molar-refractivity contribution < 1.29 is 4.74 Å². The van der Waals surface area contributed by atoms with E-state index in [0.717, 1.165) is 6.61 Å². The molecule has 1 saturated carbocycles. The Morgan fingerprint density at radius 3 is 2.56 bits per heavy atom. The lowest BCUT2D eigenvalue weighted by molar-refractivity contribution is -0.0940. The molecule has 1 saturated heterocycles. The van der Waals surface area contributed by atoms with E-state index >= 15 is 0 Å². The average molecular weight is 262 g/mol. The quantitative estimate of drug-likeness (QED) is 0.766. The molecule has 3 rings (SSSR count). The Balaban J connectivity index is 1.75. The van der Waals surface area contributed by atoms with Crippen molar-refractivity contribution in [2.75, 3.05) is 6.61 Å². The van der Waals surface area contributed by atoms with Gasteiger partial charge in [-0.3, -0.25) is 0 Å². The molecule has 0 bridgehead atoms. The van der Waals surface area contributed by atoms with Crippen molar-refractivity contribution in [3.63, 3.8) is 0 Å². The molecule has 1 unspecified atom stereocenters. The molecule has 0 N–H and O–H groups in total. The van der Waals surface area contributed by atoms with Gasteiger partial charge in [0.2, 0.25) is 0 Å². The second-order valence-electron chi connectivity index (χ2n) is 5.54. The Morgan fingerprint density at radius 1 is 1.00 bits per heavy atom. The minimum atomic E-state index is 0.191. The molecule has 0 amide bonds. The molecule has 98 valence electrons. The van der Waals surface area contributed by atoms with Crippen LogP contribution < -0.4 is 0 Å². The fraction of sp³-hybridized carbons (Fsp3) is 0.625. The number of rotatable bonds is 2. The maximum Gasteiger partial charge on any atom is 0.0804 e. The first-order chi connectivity index (χ1) is 8.89. The summed E-state index contributed by atoms with van der Waals surface area (Å²) in [5.74, 6) is 0. The molecule has 1 aliphatic carbocycles. The maximum absolute atomic E-state index is 6.27. The average Bonchev–Trinajstić information content (AvgIpc) is 2.44. The molecule has 1 atom stereocenters. The smallest absolute Gasteiger partial charge is 0.0804 e. The van der Waals surface area contributed by atoms with Crippen LogP contribution in [-0.2, 0) is 4.74 Å². The number of thioether (sulfide) groups is 1. The Bertz CT molecular complexity index is 362. The largest absolute Gasteiger partial charge is 0.374 e. The van der Waals surface area contributed by atoms with Crippen molar-refractivity contribution in [3.05, 3.63) is 30.3 Å². The van der Waals surface area contributed by atoms with E-state index < -0.39 is 0 Å². The molecule has 0 aromatic heterocycles. The lowest BCUT2D eigenvalue weighted by Gasteiger charge is -2.46. The van der Waals surface area contributed by atoms with Crippen molar-refractivity contribution in [2.24, 2.45) is 0 Å². The third-order valence-electron chi connectivity index (χ3n) is 4.31. The van der Waals surface area contributed by atoms with Gasteiger partial charge in [-0.15, -0.1) is 11.8 Å². The van der Waals surface area contributed by atoms with Crippen LogP contribution in [0.2, 0.25) is 0 Å². The minimum absolute atomic E-state index is 0.191. The standard InChI is InChI=1S/C16H22OS/c1-3-8-14(9-4-1)18-15-10-7-13-17-16(15)11-5-2-6-12-16/h1,3-4,8-9,15H,2,5-7,10-13H2. The molecule has 1 nitrogen and oxygen atoms in total. The molecular weight excluding hydrogens is 240 g/mol. The van der Waals surface area contributed by atoms with Gasteiger partial charge >= 0.3 is 0 Å². The van der Waals surface area contributed by atoms with Crippen LogP contribution in [0.15, 0.2) is 35.2 Å². The fourth-order valence-corrected chi connectivity index (χ4v) is 4.79. The van der Waals surface area contributed by atoms with Gasteiger partial charge in [-0.05, 0) is 37.8 Å². The lowest BCUT2D eigenvalue weighted by Crippen LogP contribution is -2.47. The van der Waals surface area contributed by atoms with E-state index in [9.17, 15) is 0 Å². The summed E-state index contributed by atoms with van der Waals surface area (Å²) in [6, 6.07) is 10.8. The number of benzene rings is 1. The van der Waals surface area contributed by atoms with Gasteiger partial charge in [0, 0.05) is 16.8 Å². The molecule has 2 heteroatoms. The SMILES string of the molecule is c1ccc(SC2CCCOC23CCCCC3)cc1. The Hall–Kier alpha value is -0.470. The van der Waals surface area contributed by atoms with Gasteiger partial charge in [0.15, 0.2) is 0 Å². The first-order valence-electron chi connectivity index (χ1n) is 7.25. The first-order valence-corrected chi connectivity index (χ1v) is 8.13. The highest BCUT2D eigenvalue weighted by molar-refractivity contribution is 8.00. The van der Waals surface area contributed by atoms with E-state index in [2.05, 4.69) is 30.3 Å². The lowest BCUT2D eigenvalue weighted by atomic mass is 9.79. The summed E-state index contributed by atoms with van der Waals surface area (Å²) in [4.78, 5) is 1.40. The van der Waals surface area contributed by atoms with Gasteiger partial charge in [0.1, 0.15) is 0 Å². The Labute approximate surface area is 114 Å². The van der Waals surface area contributed by atoms with Crippen LogP contribution in [0.5, 0.6) is 0 Å². The summed E-state index contributed by atoms with van der Waals surface area (Å²) < 4.78 is 6.27. The van der Waals surface area contributed by atoms with Gasteiger partial charge in [0.25, 0.3) is 0 Å². The van der Waals surface area contributed by atoms with Crippen molar-refractivity contribution >= 4 is 11.8 Å². The molecular formula is C16H22OS. The highest BCUT2D eigenvalue weighted by atomic mass is 32.2. The summed E-state index contributed by atoms with van der Waals surface area (Å²) >= 11 is 2.04. The second-order valence-corrected chi connectivity index (χ2v) is 6.81. The van der Waals surface area contributed by atoms with Crippen molar-refractivity contribution in [3.8, 4) is 0 Å². The van der Waals surface area contributed by atoms with E-state index in [-0.39, 0.29) is 5.60 Å². The van der Waals surface area contributed by atoms with Gasteiger partial charge in [-0.1, -0.05) is 37.5 Å². The molecule has 0 radical (unpaired) electrons. The topological polar surface area (TPSA) is 9.23 Å². The van der Waals surface area contributed by atoms with E-state index in [1.807, 2.05) is 11.8 Å². The molecule has 1 spiro atoms. The zero-order chi connectivity index (χ0) is 12.3. The molecule has 2 aliphatic rings. The molecule has 1 heterocycles. The van der Waals surface area contributed by atoms with Crippen LogP contribution in [-0.4, -0.2) is 17.5 Å². The van der Waals surface area contributed by atoms with E-state index in [1.165, 1.54) is 49.8 Å². The summed E-state index contributed by atoms with van der Waals surface area (Å²) in [6.45, 7) is 0.978. The van der Waals surface area contributed by atoms with Crippen LogP contribution >= 0.6 is 11.8 Å². The third-order valence-corrected chi connectivity index (χ3v) is 5.80. The van der Waals surface area contributed by atoms with E-state index in [1.54, 1.807) is 0 Å². The number of hydrogen-bond acceptors (Lipinski definition) is 2. The van der Waals surface area contributed by atoms with Crippen LogP contribution in [0, 0.1) is 0 Å². The molecule has 2 fully saturated rings. The second kappa shape index (κ2) is 5.66. The van der Waals surface area contributed by atoms with Crippen LogP contribution in [0.3, 0.4) is 0 Å². The summed E-state index contributed by atoms with van der Waals surface area (Å²) in [7, 11) is 0. The summed E-state index contributed by atoms with van der Waals surface area (Å²) in [5.41, 5.74) is 0.191. The van der Waals surface area contributed by atoms with Crippen LogP contribution in [0.1, 0.15) is 44.9 Å². The molecule has 1 aliphatic heterocycles. The van der Waals surface area contributed by atoms with Crippen LogP contribution in [0.25, 0.3) is 0 Å². The van der Waals surface area contributed by atoms with Gasteiger partial charge in [-0.25, -0.2) is 0 Å². The zero-order valence-electron chi connectivity index (χ0n) is 10.9. The molecule has 18 heavy (non-hydrogen) atoms. The monoisotopic (exact) mass is 262 g/mol. The van der Waals surface area contributed by atoms with Gasteiger partial charge < -0.3 is 4.74 Å². The minimum Gasteiger partial charge on any atom is -0.374 e. The number of ether oxygens (including phenoxy) is 1. The van der Waals surface area contributed by atoms with Crippen molar-refractivity contribution in [1.29, 1.82) is 0 Å². The summed E-state index contributed by atoms with van der Waals surface area (Å²) in [6.07, 6.45) is 9.20. The van der Waals surface area contributed by atoms with E-state index in [4.69, 9.17) is 4.74 Å². The fourth-order valence-electron chi connectivity index (χ4n) is 3.35. The normalized spacial score (nSPS) is 27.2. The van der Waals surface area contributed by atoms with Gasteiger partial charge in [0.05, 0.1) is 5.60 Å².